The van der Waals surface area contributed by atoms with Gasteiger partial charge in [0.05, 0.1) is 10.8 Å². The quantitative estimate of drug-likeness (QED) is 0.589. The molecule has 0 radical (unpaired) electrons. The zero-order valence-corrected chi connectivity index (χ0v) is 13.0. The van der Waals surface area contributed by atoms with Gasteiger partial charge in [-0.25, -0.2) is 4.79 Å². The maximum Gasteiger partial charge on any atom is 0.348 e. The van der Waals surface area contributed by atoms with Gasteiger partial charge in [-0.3, -0.25) is 0 Å². The first kappa shape index (κ1) is 14.4. The van der Waals surface area contributed by atoms with Crippen LogP contribution >= 0.6 is 34.7 Å². The molecule has 2 nitrogen and oxygen atoms in total. The summed E-state index contributed by atoms with van der Waals surface area (Å²) in [6.07, 6.45) is 1.99. The molecular formula is C14H13ClO2S2. The molecule has 1 aromatic carbocycles. The summed E-state index contributed by atoms with van der Waals surface area (Å²) in [4.78, 5) is 12.6. The molecule has 5 heteroatoms. The van der Waals surface area contributed by atoms with E-state index in [4.69, 9.17) is 16.3 Å². The molecule has 0 aliphatic carbocycles. The lowest BCUT2D eigenvalue weighted by Gasteiger charge is -2.03. The minimum absolute atomic E-state index is 0.266. The molecule has 0 amide bonds. The van der Waals surface area contributed by atoms with Crippen molar-refractivity contribution in [3.05, 3.63) is 40.2 Å². The predicted molar refractivity (Wildman–Crippen MR) is 82.5 cm³/mol. The molecule has 0 atom stereocenters. The Morgan fingerprint density at radius 3 is 2.63 bits per heavy atom. The van der Waals surface area contributed by atoms with Crippen LogP contribution in [0.4, 0.5) is 0 Å². The Hall–Kier alpha value is -0.970. The molecule has 0 saturated carbocycles. The molecule has 0 saturated heterocycles. The number of rotatable bonds is 4. The van der Waals surface area contributed by atoms with Crippen molar-refractivity contribution in [3.8, 4) is 11.1 Å². The highest BCUT2D eigenvalue weighted by Crippen LogP contribution is 2.36. The number of carbonyl (C=O) groups is 1. The van der Waals surface area contributed by atoms with Gasteiger partial charge >= 0.3 is 5.97 Å². The highest BCUT2D eigenvalue weighted by atomic mass is 35.5. The van der Waals surface area contributed by atoms with Gasteiger partial charge in [-0.1, -0.05) is 23.7 Å². The smallest absolute Gasteiger partial charge is 0.348 e. The topological polar surface area (TPSA) is 26.3 Å². The summed E-state index contributed by atoms with van der Waals surface area (Å²) in [5.41, 5.74) is 1.88. The first-order valence-corrected chi connectivity index (χ1v) is 8.18. The standard InChI is InChI=1S/C14H13ClO2S2/c1-3-17-14(16)13-11(8-12(18-2)19-13)9-4-6-10(15)7-5-9/h4-8H,3H2,1-2H3. The number of esters is 1. The number of hydrogen-bond acceptors (Lipinski definition) is 4. The van der Waals surface area contributed by atoms with Crippen LogP contribution < -0.4 is 0 Å². The number of halogens is 1. The molecule has 0 unspecified atom stereocenters. The number of benzene rings is 1. The molecule has 0 aliphatic rings. The van der Waals surface area contributed by atoms with Crippen molar-refractivity contribution < 1.29 is 9.53 Å². The molecule has 0 N–H and O–H groups in total. The molecule has 0 bridgehead atoms. The highest BCUT2D eigenvalue weighted by Gasteiger charge is 2.18. The molecule has 0 fully saturated rings. The monoisotopic (exact) mass is 312 g/mol. The van der Waals surface area contributed by atoms with Crippen LogP contribution in [0.3, 0.4) is 0 Å². The van der Waals surface area contributed by atoms with E-state index in [2.05, 4.69) is 0 Å². The van der Waals surface area contributed by atoms with Crippen molar-refractivity contribution >= 4 is 40.7 Å². The average molecular weight is 313 g/mol. The van der Waals surface area contributed by atoms with Gasteiger partial charge in [0, 0.05) is 10.6 Å². The lowest BCUT2D eigenvalue weighted by atomic mass is 10.1. The minimum Gasteiger partial charge on any atom is -0.462 e. The van der Waals surface area contributed by atoms with Crippen molar-refractivity contribution in [3.63, 3.8) is 0 Å². The van der Waals surface area contributed by atoms with E-state index in [9.17, 15) is 4.79 Å². The largest absolute Gasteiger partial charge is 0.462 e. The zero-order valence-electron chi connectivity index (χ0n) is 10.6. The number of ether oxygens (including phenoxy) is 1. The molecule has 2 rings (SSSR count). The van der Waals surface area contributed by atoms with Crippen LogP contribution in [0.2, 0.25) is 5.02 Å². The lowest BCUT2D eigenvalue weighted by Crippen LogP contribution is -2.03. The van der Waals surface area contributed by atoms with Gasteiger partial charge in [-0.2, -0.15) is 0 Å². The van der Waals surface area contributed by atoms with Gasteiger partial charge in [0.2, 0.25) is 0 Å². The van der Waals surface area contributed by atoms with E-state index in [1.165, 1.54) is 11.3 Å². The summed E-state index contributed by atoms with van der Waals surface area (Å²) in [5, 5.41) is 0.682. The second-order valence-electron chi connectivity index (χ2n) is 3.74. The summed E-state index contributed by atoms with van der Waals surface area (Å²) in [5.74, 6) is -0.266. The third-order valence-corrected chi connectivity index (χ3v) is 4.96. The van der Waals surface area contributed by atoms with E-state index in [-0.39, 0.29) is 5.97 Å². The second kappa shape index (κ2) is 6.46. The van der Waals surface area contributed by atoms with Gasteiger partial charge < -0.3 is 4.74 Å². The highest BCUT2D eigenvalue weighted by molar-refractivity contribution is 8.00. The molecule has 0 spiro atoms. The van der Waals surface area contributed by atoms with Crippen LogP contribution in [0.5, 0.6) is 0 Å². The van der Waals surface area contributed by atoms with Crippen molar-refractivity contribution in [1.82, 2.24) is 0 Å². The molecule has 100 valence electrons. The minimum atomic E-state index is -0.266. The van der Waals surface area contributed by atoms with E-state index >= 15 is 0 Å². The molecule has 2 aromatic rings. The Bertz CT molecular complexity index is 576. The summed E-state index contributed by atoms with van der Waals surface area (Å²) in [7, 11) is 0. The maximum atomic E-state index is 12.0. The third-order valence-electron chi connectivity index (χ3n) is 2.53. The summed E-state index contributed by atoms with van der Waals surface area (Å²) in [6.45, 7) is 2.19. The van der Waals surface area contributed by atoms with Gasteiger partial charge in [-0.15, -0.1) is 23.1 Å². The number of thioether (sulfide) groups is 1. The molecule has 19 heavy (non-hydrogen) atoms. The lowest BCUT2D eigenvalue weighted by molar-refractivity contribution is 0.0533. The first-order chi connectivity index (χ1) is 9.15. The summed E-state index contributed by atoms with van der Waals surface area (Å²) < 4.78 is 6.20. The van der Waals surface area contributed by atoms with Gasteiger partial charge in [0.1, 0.15) is 4.88 Å². The van der Waals surface area contributed by atoms with Crippen LogP contribution in [-0.2, 0) is 4.74 Å². The number of hydrogen-bond donors (Lipinski definition) is 0. The van der Waals surface area contributed by atoms with E-state index in [0.29, 0.717) is 16.5 Å². The third kappa shape index (κ3) is 3.32. The van der Waals surface area contributed by atoms with Crippen LogP contribution in [0, 0.1) is 0 Å². The van der Waals surface area contributed by atoms with E-state index in [1.54, 1.807) is 11.8 Å². The van der Waals surface area contributed by atoms with Crippen molar-refractivity contribution in [2.24, 2.45) is 0 Å². The number of carbonyl (C=O) groups excluding carboxylic acids is 1. The molecule has 1 aromatic heterocycles. The van der Waals surface area contributed by atoms with Crippen molar-refractivity contribution in [2.45, 2.75) is 11.1 Å². The Kier molecular flexibility index (Phi) is 4.91. The van der Waals surface area contributed by atoms with E-state index in [0.717, 1.165) is 15.3 Å². The fourth-order valence-corrected chi connectivity index (χ4v) is 3.41. The van der Waals surface area contributed by atoms with Crippen LogP contribution in [-0.4, -0.2) is 18.8 Å². The zero-order chi connectivity index (χ0) is 13.8. The molecule has 1 heterocycles. The Morgan fingerprint density at radius 2 is 2.05 bits per heavy atom. The van der Waals surface area contributed by atoms with Gasteiger partial charge in [-0.05, 0) is 36.9 Å². The van der Waals surface area contributed by atoms with E-state index < -0.39 is 0 Å². The van der Waals surface area contributed by atoms with Crippen LogP contribution in [0.1, 0.15) is 16.6 Å². The molecule has 0 aliphatic heterocycles. The Morgan fingerprint density at radius 1 is 1.37 bits per heavy atom. The molecular weight excluding hydrogens is 300 g/mol. The van der Waals surface area contributed by atoms with E-state index in [1.807, 2.05) is 43.5 Å². The fraction of sp³-hybridized carbons (Fsp3) is 0.214. The predicted octanol–water partition coefficient (Wildman–Crippen LogP) is 4.97. The van der Waals surface area contributed by atoms with Crippen LogP contribution in [0.25, 0.3) is 11.1 Å². The maximum absolute atomic E-state index is 12.0. The van der Waals surface area contributed by atoms with Crippen molar-refractivity contribution in [2.75, 3.05) is 12.9 Å². The van der Waals surface area contributed by atoms with Gasteiger partial charge in [0.25, 0.3) is 0 Å². The Labute approximate surface area is 125 Å². The first-order valence-electron chi connectivity index (χ1n) is 5.76. The SMILES string of the molecule is CCOC(=O)c1sc(SC)cc1-c1ccc(Cl)cc1. The normalized spacial score (nSPS) is 10.5. The summed E-state index contributed by atoms with van der Waals surface area (Å²) in [6, 6.07) is 9.49. The Balaban J connectivity index is 2.46. The van der Waals surface area contributed by atoms with Crippen molar-refractivity contribution in [1.29, 1.82) is 0 Å². The average Bonchev–Trinajstić information content (AvgIpc) is 2.84. The van der Waals surface area contributed by atoms with Gasteiger partial charge in [0.15, 0.2) is 0 Å². The number of thiophene rings is 1. The second-order valence-corrected chi connectivity index (χ2v) is 6.33. The van der Waals surface area contributed by atoms with Crippen LogP contribution in [0.15, 0.2) is 34.5 Å². The summed E-state index contributed by atoms with van der Waals surface area (Å²) >= 11 is 8.97. The fourth-order valence-electron chi connectivity index (χ4n) is 1.66.